The number of carbonyl (C=O) groups is 1. The Labute approximate surface area is 117 Å². The predicted octanol–water partition coefficient (Wildman–Crippen LogP) is 3.04. The number of methoxy groups -OCH3 is 1. The molecule has 0 spiro atoms. The van der Waals surface area contributed by atoms with Crippen molar-refractivity contribution in [3.63, 3.8) is 0 Å². The summed E-state index contributed by atoms with van der Waals surface area (Å²) in [6.45, 7) is 0. The van der Waals surface area contributed by atoms with Crippen LogP contribution in [-0.4, -0.2) is 13.0 Å². The maximum atomic E-state index is 10.8. The van der Waals surface area contributed by atoms with Crippen molar-refractivity contribution in [3.05, 3.63) is 53.1 Å². The maximum Gasteiger partial charge on any atom is 0.221 e. The van der Waals surface area contributed by atoms with Crippen LogP contribution in [0.4, 0.5) is 0 Å². The number of amides is 1. The lowest BCUT2D eigenvalue weighted by Gasteiger charge is -2.07. The lowest BCUT2D eigenvalue weighted by atomic mass is 10.0. The first-order valence-corrected chi connectivity index (χ1v) is 6.19. The summed E-state index contributed by atoms with van der Waals surface area (Å²) in [4.78, 5) is 10.8. The Morgan fingerprint density at radius 1 is 1.16 bits per heavy atom. The van der Waals surface area contributed by atoms with Gasteiger partial charge in [-0.2, -0.15) is 0 Å². The largest absolute Gasteiger partial charge is 0.495 e. The number of hydrogen-bond acceptors (Lipinski definition) is 2. The summed E-state index contributed by atoms with van der Waals surface area (Å²) in [6, 6.07) is 13.3. The van der Waals surface area contributed by atoms with E-state index in [0.717, 1.165) is 16.7 Å². The Morgan fingerprint density at radius 2 is 1.79 bits per heavy atom. The third-order valence-electron chi connectivity index (χ3n) is 2.82. The fourth-order valence-corrected chi connectivity index (χ4v) is 2.12. The van der Waals surface area contributed by atoms with Crippen molar-refractivity contribution in [2.45, 2.75) is 6.42 Å². The molecule has 2 rings (SSSR count). The van der Waals surface area contributed by atoms with E-state index in [1.165, 1.54) is 0 Å². The van der Waals surface area contributed by atoms with Gasteiger partial charge < -0.3 is 10.5 Å². The lowest BCUT2D eigenvalue weighted by Crippen LogP contribution is -2.13. The second-order valence-corrected chi connectivity index (χ2v) is 4.60. The first-order chi connectivity index (χ1) is 9.10. The fourth-order valence-electron chi connectivity index (χ4n) is 1.86. The molecule has 3 nitrogen and oxygen atoms in total. The minimum atomic E-state index is -0.333. The van der Waals surface area contributed by atoms with Crippen molar-refractivity contribution in [2.24, 2.45) is 5.73 Å². The van der Waals surface area contributed by atoms with E-state index in [9.17, 15) is 4.79 Å². The van der Waals surface area contributed by atoms with Gasteiger partial charge in [-0.15, -0.1) is 0 Å². The van der Waals surface area contributed by atoms with Crippen LogP contribution >= 0.6 is 11.6 Å². The third kappa shape index (κ3) is 3.26. The highest BCUT2D eigenvalue weighted by molar-refractivity contribution is 6.32. The van der Waals surface area contributed by atoms with E-state index in [4.69, 9.17) is 22.1 Å². The monoisotopic (exact) mass is 275 g/mol. The van der Waals surface area contributed by atoms with Gasteiger partial charge in [0.2, 0.25) is 5.91 Å². The number of primary amides is 1. The fraction of sp³-hybridized carbons (Fsp3) is 0.133. The number of benzene rings is 2. The van der Waals surface area contributed by atoms with Gasteiger partial charge in [-0.1, -0.05) is 41.9 Å². The van der Waals surface area contributed by atoms with E-state index >= 15 is 0 Å². The molecule has 0 aliphatic carbocycles. The van der Waals surface area contributed by atoms with Crippen molar-refractivity contribution in [1.82, 2.24) is 0 Å². The summed E-state index contributed by atoms with van der Waals surface area (Å²) >= 11 is 6.09. The Kier molecular flexibility index (Phi) is 4.07. The molecule has 0 aliphatic rings. The molecule has 0 aromatic heterocycles. The Morgan fingerprint density at radius 3 is 2.32 bits per heavy atom. The molecule has 0 saturated carbocycles. The summed E-state index contributed by atoms with van der Waals surface area (Å²) in [6.07, 6.45) is 0.254. The molecule has 0 radical (unpaired) electrons. The summed E-state index contributed by atoms with van der Waals surface area (Å²) in [7, 11) is 1.58. The smallest absolute Gasteiger partial charge is 0.221 e. The summed E-state index contributed by atoms with van der Waals surface area (Å²) < 4.78 is 5.12. The van der Waals surface area contributed by atoms with Crippen LogP contribution in [0.5, 0.6) is 5.75 Å². The van der Waals surface area contributed by atoms with E-state index in [-0.39, 0.29) is 12.3 Å². The van der Waals surface area contributed by atoms with Crippen LogP contribution in [-0.2, 0) is 11.2 Å². The average molecular weight is 276 g/mol. The molecule has 2 aromatic carbocycles. The summed E-state index contributed by atoms with van der Waals surface area (Å²) in [5.74, 6) is 0.316. The highest BCUT2D eigenvalue weighted by Gasteiger charge is 2.04. The number of nitrogens with two attached hydrogens (primary N) is 1. The first-order valence-electron chi connectivity index (χ1n) is 5.81. The van der Waals surface area contributed by atoms with Crippen LogP contribution in [0.1, 0.15) is 5.56 Å². The summed E-state index contributed by atoms with van der Waals surface area (Å²) in [5, 5.41) is 0.571. The number of hydrogen-bond donors (Lipinski definition) is 1. The van der Waals surface area contributed by atoms with Crippen LogP contribution in [0.15, 0.2) is 42.5 Å². The van der Waals surface area contributed by atoms with E-state index in [1.54, 1.807) is 7.11 Å². The molecule has 0 heterocycles. The number of carbonyl (C=O) groups excluding carboxylic acids is 1. The van der Waals surface area contributed by atoms with E-state index in [0.29, 0.717) is 10.8 Å². The zero-order chi connectivity index (χ0) is 13.8. The van der Waals surface area contributed by atoms with Gasteiger partial charge in [0, 0.05) is 0 Å². The van der Waals surface area contributed by atoms with Gasteiger partial charge in [0.05, 0.1) is 18.6 Å². The molecule has 0 unspecified atom stereocenters. The van der Waals surface area contributed by atoms with E-state index in [1.807, 2.05) is 42.5 Å². The zero-order valence-electron chi connectivity index (χ0n) is 10.5. The van der Waals surface area contributed by atoms with Gasteiger partial charge in [-0.25, -0.2) is 0 Å². The molecule has 0 saturated heterocycles. The molecule has 0 aliphatic heterocycles. The molecule has 1 amide bonds. The SMILES string of the molecule is COc1ccc(-c2ccc(CC(N)=O)cc2)cc1Cl. The van der Waals surface area contributed by atoms with Crippen molar-refractivity contribution in [3.8, 4) is 16.9 Å². The van der Waals surface area contributed by atoms with E-state index < -0.39 is 0 Å². The van der Waals surface area contributed by atoms with Gasteiger partial charge in [-0.3, -0.25) is 4.79 Å². The van der Waals surface area contributed by atoms with Gasteiger partial charge in [0.1, 0.15) is 5.75 Å². The normalized spacial score (nSPS) is 10.2. The number of rotatable bonds is 4. The van der Waals surface area contributed by atoms with Crippen molar-refractivity contribution in [2.75, 3.05) is 7.11 Å². The van der Waals surface area contributed by atoms with Crippen molar-refractivity contribution in [1.29, 1.82) is 0 Å². The van der Waals surface area contributed by atoms with Crippen LogP contribution in [0, 0.1) is 0 Å². The molecule has 0 atom stereocenters. The van der Waals surface area contributed by atoms with Gasteiger partial charge in [0.15, 0.2) is 0 Å². The maximum absolute atomic E-state index is 10.8. The highest BCUT2D eigenvalue weighted by atomic mass is 35.5. The molecule has 0 fully saturated rings. The van der Waals surface area contributed by atoms with Gasteiger partial charge >= 0.3 is 0 Å². The number of halogens is 1. The Bertz CT molecular complexity index is 594. The highest BCUT2D eigenvalue weighted by Crippen LogP contribution is 2.30. The molecule has 0 bridgehead atoms. The minimum Gasteiger partial charge on any atom is -0.495 e. The molecule has 4 heteroatoms. The topological polar surface area (TPSA) is 52.3 Å². The van der Waals surface area contributed by atoms with Crippen molar-refractivity contribution >= 4 is 17.5 Å². The van der Waals surface area contributed by atoms with Crippen molar-refractivity contribution < 1.29 is 9.53 Å². The van der Waals surface area contributed by atoms with Crippen LogP contribution in [0.3, 0.4) is 0 Å². The van der Waals surface area contributed by atoms with Gasteiger partial charge in [0.25, 0.3) is 0 Å². The van der Waals surface area contributed by atoms with E-state index in [2.05, 4.69) is 0 Å². The molecule has 2 N–H and O–H groups in total. The molecule has 2 aromatic rings. The zero-order valence-corrected chi connectivity index (χ0v) is 11.3. The Balaban J connectivity index is 2.27. The van der Waals surface area contributed by atoms with Crippen LogP contribution in [0.2, 0.25) is 5.02 Å². The molecular formula is C15H14ClNO2. The lowest BCUT2D eigenvalue weighted by molar-refractivity contribution is -0.117. The molecular weight excluding hydrogens is 262 g/mol. The quantitative estimate of drug-likeness (QED) is 0.932. The van der Waals surface area contributed by atoms with Crippen LogP contribution < -0.4 is 10.5 Å². The first kappa shape index (κ1) is 13.4. The Hall–Kier alpha value is -2.00. The van der Waals surface area contributed by atoms with Crippen LogP contribution in [0.25, 0.3) is 11.1 Å². The average Bonchev–Trinajstić information content (AvgIpc) is 2.39. The van der Waals surface area contributed by atoms with Gasteiger partial charge in [-0.05, 0) is 28.8 Å². The molecule has 19 heavy (non-hydrogen) atoms. The number of ether oxygens (including phenoxy) is 1. The predicted molar refractivity (Wildman–Crippen MR) is 76.3 cm³/mol. The second kappa shape index (κ2) is 5.76. The second-order valence-electron chi connectivity index (χ2n) is 4.19. The summed E-state index contributed by atoms with van der Waals surface area (Å²) in [5.41, 5.74) is 8.08. The third-order valence-corrected chi connectivity index (χ3v) is 3.11. The standard InChI is InChI=1S/C15H14ClNO2/c1-19-14-7-6-12(9-13(14)16)11-4-2-10(3-5-11)8-15(17)18/h2-7,9H,8H2,1H3,(H2,17,18). The molecule has 98 valence electrons. The minimum absolute atomic E-state index is 0.254.